The number of nitrogens with one attached hydrogen (secondary N) is 1. The normalized spacial score (nSPS) is 26.7. The van der Waals surface area contributed by atoms with E-state index < -0.39 is 5.54 Å². The summed E-state index contributed by atoms with van der Waals surface area (Å²) in [5.74, 6) is 0.332. The fourth-order valence-electron chi connectivity index (χ4n) is 3.29. The van der Waals surface area contributed by atoms with Gasteiger partial charge in [-0.2, -0.15) is 5.26 Å². The predicted molar refractivity (Wildman–Crippen MR) is 84.4 cm³/mol. The maximum absolute atomic E-state index is 13.8. The van der Waals surface area contributed by atoms with Crippen molar-refractivity contribution in [1.29, 1.82) is 5.26 Å². The highest BCUT2D eigenvalue weighted by Gasteiger charge is 2.36. The number of hydrogen-bond acceptors (Lipinski definition) is 2. The summed E-state index contributed by atoms with van der Waals surface area (Å²) in [5, 5.41) is 12.9. The molecule has 1 fully saturated rings. The van der Waals surface area contributed by atoms with Crippen molar-refractivity contribution in [1.82, 2.24) is 0 Å². The fourth-order valence-corrected chi connectivity index (χ4v) is 3.29. The highest BCUT2D eigenvalue weighted by atomic mass is 19.1. The van der Waals surface area contributed by atoms with E-state index in [9.17, 15) is 9.65 Å². The number of rotatable bonds is 2. The average Bonchev–Trinajstić information content (AvgIpc) is 2.64. The van der Waals surface area contributed by atoms with Crippen LogP contribution in [0.3, 0.4) is 0 Å². The van der Waals surface area contributed by atoms with E-state index in [4.69, 9.17) is 0 Å². The molecule has 0 aliphatic heterocycles. The van der Waals surface area contributed by atoms with Gasteiger partial charge in [-0.1, -0.05) is 32.9 Å². The first-order valence-corrected chi connectivity index (χ1v) is 7.80. The molecule has 2 unspecified atom stereocenters. The van der Waals surface area contributed by atoms with Gasteiger partial charge in [-0.3, -0.25) is 0 Å². The molecule has 2 nitrogen and oxygen atoms in total. The number of hydrogen-bond donors (Lipinski definition) is 1. The summed E-state index contributed by atoms with van der Waals surface area (Å²) in [6.45, 7) is 6.80. The van der Waals surface area contributed by atoms with Crippen LogP contribution in [0, 0.1) is 28.5 Å². The minimum absolute atomic E-state index is 0.267. The van der Waals surface area contributed by atoms with E-state index in [1.54, 1.807) is 18.2 Å². The van der Waals surface area contributed by atoms with E-state index in [0.717, 1.165) is 32.1 Å². The summed E-state index contributed by atoms with van der Waals surface area (Å²) in [5.41, 5.74) is 0.0689. The third kappa shape index (κ3) is 3.75. The molecule has 1 aromatic rings. The third-order valence-electron chi connectivity index (χ3n) is 4.76. The molecule has 0 amide bonds. The molecule has 114 valence electrons. The number of nitrogens with zero attached hydrogens (tertiary/aromatic N) is 1. The smallest absolute Gasteiger partial charge is 0.146 e. The zero-order valence-corrected chi connectivity index (χ0v) is 13.2. The van der Waals surface area contributed by atoms with Gasteiger partial charge in [0.2, 0.25) is 0 Å². The van der Waals surface area contributed by atoms with Gasteiger partial charge in [-0.25, -0.2) is 4.39 Å². The summed E-state index contributed by atoms with van der Waals surface area (Å²) in [4.78, 5) is 0. The molecule has 0 heterocycles. The van der Waals surface area contributed by atoms with Gasteiger partial charge in [-0.05, 0) is 55.6 Å². The molecule has 1 N–H and O–H groups in total. The molecule has 1 aliphatic rings. The predicted octanol–water partition coefficient (Wildman–Crippen LogP) is 5.13. The van der Waals surface area contributed by atoms with Crippen molar-refractivity contribution in [2.45, 2.75) is 58.4 Å². The van der Waals surface area contributed by atoms with Gasteiger partial charge in [0.1, 0.15) is 11.4 Å². The van der Waals surface area contributed by atoms with E-state index in [1.165, 1.54) is 6.07 Å². The molecule has 21 heavy (non-hydrogen) atoms. The lowest BCUT2D eigenvalue weighted by molar-refractivity contribution is 0.213. The molecule has 1 aromatic carbocycles. The third-order valence-corrected chi connectivity index (χ3v) is 4.76. The molecule has 0 radical (unpaired) electrons. The first kappa shape index (κ1) is 15.8. The van der Waals surface area contributed by atoms with Gasteiger partial charge in [0, 0.05) is 0 Å². The number of benzene rings is 1. The van der Waals surface area contributed by atoms with Gasteiger partial charge in [0.05, 0.1) is 11.8 Å². The Hall–Kier alpha value is -1.56. The topological polar surface area (TPSA) is 35.8 Å². The fraction of sp³-hybridized carbons (Fsp3) is 0.611. The molecule has 0 bridgehead atoms. The van der Waals surface area contributed by atoms with E-state index >= 15 is 0 Å². The minimum Gasteiger partial charge on any atom is -0.365 e. The lowest BCUT2D eigenvalue weighted by atomic mass is 9.76. The number of anilines is 1. The lowest BCUT2D eigenvalue weighted by Gasteiger charge is -2.31. The second kappa shape index (κ2) is 6.05. The molecule has 1 saturated carbocycles. The maximum atomic E-state index is 13.8. The standard InChI is InChI=1S/C18H25FN2/c1-17(2,3)14-7-6-11-18(13-20,12-10-14)21-16-9-5-4-8-15(16)19/h4-5,8-9,14,21H,6-7,10-12H2,1-3H3. The van der Waals surface area contributed by atoms with E-state index in [1.807, 2.05) is 0 Å². The van der Waals surface area contributed by atoms with Crippen molar-refractivity contribution >= 4 is 5.69 Å². The van der Waals surface area contributed by atoms with Crippen LogP contribution in [0.15, 0.2) is 24.3 Å². The lowest BCUT2D eigenvalue weighted by Crippen LogP contribution is -2.36. The van der Waals surface area contributed by atoms with Crippen molar-refractivity contribution in [3.05, 3.63) is 30.1 Å². The second-order valence-corrected chi connectivity index (χ2v) is 7.29. The molecule has 0 saturated heterocycles. The van der Waals surface area contributed by atoms with Crippen molar-refractivity contribution in [2.75, 3.05) is 5.32 Å². The Balaban J connectivity index is 2.16. The number of nitriles is 1. The zero-order valence-electron chi connectivity index (χ0n) is 13.2. The summed E-state index contributed by atoms with van der Waals surface area (Å²) >= 11 is 0. The van der Waals surface area contributed by atoms with Gasteiger partial charge in [0.15, 0.2) is 0 Å². The molecule has 0 spiro atoms. The van der Waals surface area contributed by atoms with Crippen molar-refractivity contribution in [3.8, 4) is 6.07 Å². The van der Waals surface area contributed by atoms with Crippen LogP contribution in [0.2, 0.25) is 0 Å². The van der Waals surface area contributed by atoms with Gasteiger partial charge in [-0.15, -0.1) is 0 Å². The zero-order chi connectivity index (χ0) is 15.5. The molecule has 2 atom stereocenters. The van der Waals surface area contributed by atoms with Crippen molar-refractivity contribution < 1.29 is 4.39 Å². The van der Waals surface area contributed by atoms with Gasteiger partial charge < -0.3 is 5.32 Å². The Morgan fingerprint density at radius 1 is 1.24 bits per heavy atom. The highest BCUT2D eigenvalue weighted by molar-refractivity contribution is 5.49. The van der Waals surface area contributed by atoms with Crippen LogP contribution in [-0.4, -0.2) is 5.54 Å². The van der Waals surface area contributed by atoms with Crippen LogP contribution >= 0.6 is 0 Å². The first-order valence-electron chi connectivity index (χ1n) is 7.80. The molecule has 0 aromatic heterocycles. The monoisotopic (exact) mass is 288 g/mol. The minimum atomic E-state index is -0.637. The van der Waals surface area contributed by atoms with Crippen LogP contribution in [0.5, 0.6) is 0 Å². The number of para-hydroxylation sites is 1. The molecule has 3 heteroatoms. The largest absolute Gasteiger partial charge is 0.365 e. The Morgan fingerprint density at radius 2 is 1.95 bits per heavy atom. The molecular formula is C18H25FN2. The Morgan fingerprint density at radius 3 is 2.57 bits per heavy atom. The second-order valence-electron chi connectivity index (χ2n) is 7.29. The van der Waals surface area contributed by atoms with Crippen molar-refractivity contribution in [3.63, 3.8) is 0 Å². The summed E-state index contributed by atoms with van der Waals surface area (Å²) in [7, 11) is 0. The van der Waals surface area contributed by atoms with Crippen LogP contribution < -0.4 is 5.32 Å². The van der Waals surface area contributed by atoms with Crippen LogP contribution in [-0.2, 0) is 0 Å². The highest BCUT2D eigenvalue weighted by Crippen LogP contribution is 2.40. The Labute approximate surface area is 127 Å². The number of halogens is 1. The first-order chi connectivity index (χ1) is 9.86. The maximum Gasteiger partial charge on any atom is 0.146 e. The quantitative estimate of drug-likeness (QED) is 0.766. The van der Waals surface area contributed by atoms with Gasteiger partial charge in [0.25, 0.3) is 0 Å². The van der Waals surface area contributed by atoms with Crippen LogP contribution in [0.1, 0.15) is 52.9 Å². The molecular weight excluding hydrogens is 263 g/mol. The SMILES string of the molecule is CC(C)(C)C1CCCC(C#N)(Nc2ccccc2F)CC1. The van der Waals surface area contributed by atoms with Crippen molar-refractivity contribution in [2.24, 2.45) is 11.3 Å². The average molecular weight is 288 g/mol. The molecule has 1 aliphatic carbocycles. The van der Waals surface area contributed by atoms with E-state index in [0.29, 0.717) is 11.6 Å². The Bertz CT molecular complexity index is 527. The Kier molecular flexibility index (Phi) is 4.56. The summed E-state index contributed by atoms with van der Waals surface area (Å²) < 4.78 is 13.8. The summed E-state index contributed by atoms with van der Waals surface area (Å²) in [6, 6.07) is 9.03. The van der Waals surface area contributed by atoms with E-state index in [-0.39, 0.29) is 11.2 Å². The summed E-state index contributed by atoms with van der Waals surface area (Å²) in [6.07, 6.45) is 4.73. The van der Waals surface area contributed by atoms with Crippen LogP contribution in [0.4, 0.5) is 10.1 Å². The van der Waals surface area contributed by atoms with Crippen LogP contribution in [0.25, 0.3) is 0 Å². The molecule has 2 rings (SSSR count). The van der Waals surface area contributed by atoms with E-state index in [2.05, 4.69) is 32.2 Å². The van der Waals surface area contributed by atoms with Gasteiger partial charge >= 0.3 is 0 Å².